The zero-order valence-electron chi connectivity index (χ0n) is 13.5. The topological polar surface area (TPSA) is 125 Å². The first-order valence-corrected chi connectivity index (χ1v) is 8.05. The van der Waals surface area contributed by atoms with Gasteiger partial charge in [0.05, 0.1) is 11.5 Å². The summed E-state index contributed by atoms with van der Waals surface area (Å²) in [6.45, 7) is 2.42. The van der Waals surface area contributed by atoms with Gasteiger partial charge in [-0.05, 0) is 29.5 Å². The van der Waals surface area contributed by atoms with Gasteiger partial charge >= 0.3 is 0 Å². The van der Waals surface area contributed by atoms with E-state index in [1.165, 1.54) is 11.8 Å². The third-order valence-corrected chi connectivity index (χ3v) is 4.16. The molecule has 3 aromatic heterocycles. The van der Waals surface area contributed by atoms with Crippen molar-refractivity contribution in [2.24, 2.45) is 0 Å². The smallest absolute Gasteiger partial charge is 0.229 e. The van der Waals surface area contributed by atoms with E-state index in [1.807, 2.05) is 33.2 Å². The number of aromatic nitrogens is 7. The Bertz CT molecular complexity index is 802. The Kier molecular flexibility index (Phi) is 4.60. The molecule has 1 unspecified atom stereocenters. The maximum atomic E-state index is 5.77. The molecule has 0 aliphatic rings. The van der Waals surface area contributed by atoms with Crippen molar-refractivity contribution in [2.75, 3.05) is 24.7 Å². The molecule has 0 aliphatic carbocycles. The molecular formula is C13H17N9OS. The van der Waals surface area contributed by atoms with Gasteiger partial charge in [0.15, 0.2) is 0 Å². The number of anilines is 2. The molecule has 3 heterocycles. The lowest BCUT2D eigenvalue weighted by Crippen LogP contribution is -2.16. The van der Waals surface area contributed by atoms with Gasteiger partial charge in [-0.1, -0.05) is 11.8 Å². The number of hydrogen-bond acceptors (Lipinski definition) is 10. The van der Waals surface area contributed by atoms with Crippen molar-refractivity contribution in [1.29, 1.82) is 0 Å². The summed E-state index contributed by atoms with van der Waals surface area (Å²) in [7, 11) is 3.69. The molecule has 0 radical (unpaired) electrons. The molecule has 1 atom stereocenters. The Morgan fingerprint density at radius 1 is 1.33 bits per heavy atom. The van der Waals surface area contributed by atoms with E-state index in [4.69, 9.17) is 10.2 Å². The average Bonchev–Trinajstić information content (AvgIpc) is 3.19. The number of nitrogens with two attached hydrogens (primary N) is 1. The number of tetrazole rings is 1. The van der Waals surface area contributed by atoms with Crippen molar-refractivity contribution in [3.8, 4) is 0 Å². The Morgan fingerprint density at radius 2 is 2.17 bits per heavy atom. The molecule has 126 valence electrons. The Hall–Kier alpha value is -2.69. The average molecular weight is 347 g/mol. The Labute approximate surface area is 142 Å². The summed E-state index contributed by atoms with van der Waals surface area (Å²) in [4.78, 5) is 14.5. The van der Waals surface area contributed by atoms with Crippen LogP contribution in [0.3, 0.4) is 0 Å². The third kappa shape index (κ3) is 3.62. The fourth-order valence-electron chi connectivity index (χ4n) is 1.92. The van der Waals surface area contributed by atoms with Gasteiger partial charge in [-0.2, -0.15) is 15.0 Å². The fourth-order valence-corrected chi connectivity index (χ4v) is 2.75. The van der Waals surface area contributed by atoms with Gasteiger partial charge in [0.1, 0.15) is 18.1 Å². The van der Waals surface area contributed by atoms with Crippen LogP contribution in [0.2, 0.25) is 0 Å². The molecule has 0 fully saturated rings. The second-order valence-electron chi connectivity index (χ2n) is 5.20. The first-order valence-electron chi connectivity index (χ1n) is 7.17. The van der Waals surface area contributed by atoms with Crippen molar-refractivity contribution in [3.63, 3.8) is 0 Å². The minimum absolute atomic E-state index is 0.102. The molecule has 10 nitrogen and oxygen atoms in total. The molecule has 11 heteroatoms. The highest BCUT2D eigenvalue weighted by Crippen LogP contribution is 2.32. The zero-order chi connectivity index (χ0) is 17.1. The first kappa shape index (κ1) is 16.2. The zero-order valence-corrected chi connectivity index (χ0v) is 14.3. The van der Waals surface area contributed by atoms with Gasteiger partial charge in [0.25, 0.3) is 0 Å². The summed E-state index contributed by atoms with van der Waals surface area (Å²) in [5.41, 5.74) is 5.77. The number of nitrogen functional groups attached to an aromatic ring is 1. The SMILES string of the molecule is CC(Sc1nnnn1Cc1ccco1)c1nc(N)nc(N(C)C)n1. The van der Waals surface area contributed by atoms with E-state index in [0.29, 0.717) is 23.5 Å². The van der Waals surface area contributed by atoms with Crippen LogP contribution in [-0.4, -0.2) is 49.3 Å². The van der Waals surface area contributed by atoms with Gasteiger partial charge < -0.3 is 15.1 Å². The van der Waals surface area contributed by atoms with Crippen LogP contribution in [0.5, 0.6) is 0 Å². The van der Waals surface area contributed by atoms with E-state index in [9.17, 15) is 0 Å². The summed E-state index contributed by atoms with van der Waals surface area (Å²) in [6.07, 6.45) is 1.62. The number of thioether (sulfide) groups is 1. The van der Waals surface area contributed by atoms with Crippen molar-refractivity contribution in [1.82, 2.24) is 35.2 Å². The van der Waals surface area contributed by atoms with Crippen LogP contribution in [0, 0.1) is 0 Å². The lowest BCUT2D eigenvalue weighted by molar-refractivity contribution is 0.462. The van der Waals surface area contributed by atoms with Crippen LogP contribution in [0.1, 0.15) is 23.8 Å². The van der Waals surface area contributed by atoms with Crippen LogP contribution < -0.4 is 10.6 Å². The van der Waals surface area contributed by atoms with E-state index in [2.05, 4.69) is 30.5 Å². The van der Waals surface area contributed by atoms with Crippen LogP contribution in [0.15, 0.2) is 28.0 Å². The number of nitrogens with zero attached hydrogens (tertiary/aromatic N) is 8. The lowest BCUT2D eigenvalue weighted by atomic mass is 10.4. The summed E-state index contributed by atoms with van der Waals surface area (Å²) >= 11 is 1.44. The quantitative estimate of drug-likeness (QED) is 0.645. The van der Waals surface area contributed by atoms with E-state index in [1.54, 1.807) is 15.8 Å². The molecule has 0 amide bonds. The highest BCUT2D eigenvalue weighted by molar-refractivity contribution is 7.99. The number of rotatable bonds is 6. The van der Waals surface area contributed by atoms with E-state index in [-0.39, 0.29) is 11.2 Å². The van der Waals surface area contributed by atoms with E-state index >= 15 is 0 Å². The van der Waals surface area contributed by atoms with Crippen LogP contribution in [0.25, 0.3) is 0 Å². The van der Waals surface area contributed by atoms with Crippen molar-refractivity contribution < 1.29 is 4.42 Å². The maximum Gasteiger partial charge on any atom is 0.229 e. The predicted molar refractivity (Wildman–Crippen MR) is 88.5 cm³/mol. The molecule has 2 N–H and O–H groups in total. The van der Waals surface area contributed by atoms with Gasteiger partial charge in [0.2, 0.25) is 17.1 Å². The monoisotopic (exact) mass is 347 g/mol. The second kappa shape index (κ2) is 6.83. The first-order chi connectivity index (χ1) is 11.5. The molecule has 0 aromatic carbocycles. The summed E-state index contributed by atoms with van der Waals surface area (Å²) in [6, 6.07) is 3.70. The number of hydrogen-bond donors (Lipinski definition) is 1. The second-order valence-corrected chi connectivity index (χ2v) is 6.51. The highest BCUT2D eigenvalue weighted by Gasteiger charge is 2.18. The molecule has 0 spiro atoms. The minimum Gasteiger partial charge on any atom is -0.467 e. The van der Waals surface area contributed by atoms with Crippen LogP contribution in [-0.2, 0) is 6.54 Å². The molecule has 3 rings (SSSR count). The van der Waals surface area contributed by atoms with Gasteiger partial charge in [-0.15, -0.1) is 5.10 Å². The largest absolute Gasteiger partial charge is 0.467 e. The minimum atomic E-state index is -0.102. The molecule has 0 saturated carbocycles. The summed E-state index contributed by atoms with van der Waals surface area (Å²) in [5.74, 6) is 2.05. The van der Waals surface area contributed by atoms with Gasteiger partial charge in [-0.25, -0.2) is 4.68 Å². The van der Waals surface area contributed by atoms with Crippen LogP contribution in [0.4, 0.5) is 11.9 Å². The molecule has 3 aromatic rings. The van der Waals surface area contributed by atoms with Gasteiger partial charge in [-0.3, -0.25) is 0 Å². The van der Waals surface area contributed by atoms with E-state index < -0.39 is 0 Å². The standard InChI is InChI=1S/C13H17N9OS/c1-8(10-15-11(14)17-12(16-10)21(2)3)24-13-18-19-20-22(13)7-9-5-4-6-23-9/h4-6,8H,7H2,1-3H3,(H2,14,15,16,17). The van der Waals surface area contributed by atoms with Crippen molar-refractivity contribution in [2.45, 2.75) is 23.9 Å². The molecular weight excluding hydrogens is 330 g/mol. The van der Waals surface area contributed by atoms with Crippen molar-refractivity contribution in [3.05, 3.63) is 30.0 Å². The van der Waals surface area contributed by atoms with Crippen molar-refractivity contribution >= 4 is 23.7 Å². The molecule has 0 saturated heterocycles. The van der Waals surface area contributed by atoms with E-state index in [0.717, 1.165) is 5.76 Å². The normalized spacial score (nSPS) is 12.3. The highest BCUT2D eigenvalue weighted by atomic mass is 32.2. The molecule has 24 heavy (non-hydrogen) atoms. The lowest BCUT2D eigenvalue weighted by Gasteiger charge is -2.14. The van der Waals surface area contributed by atoms with Gasteiger partial charge in [0, 0.05) is 14.1 Å². The Balaban J connectivity index is 1.78. The Morgan fingerprint density at radius 3 is 2.88 bits per heavy atom. The molecule has 0 bridgehead atoms. The maximum absolute atomic E-state index is 5.77. The predicted octanol–water partition coefficient (Wildman–Crippen LogP) is 1.00. The molecule has 0 aliphatic heterocycles. The summed E-state index contributed by atoms with van der Waals surface area (Å²) in [5, 5.41) is 12.3. The number of furan rings is 1. The summed E-state index contributed by atoms with van der Waals surface area (Å²) < 4.78 is 6.99. The van der Waals surface area contributed by atoms with Crippen LogP contribution >= 0.6 is 11.8 Å². The fraction of sp³-hybridized carbons (Fsp3) is 0.385. The third-order valence-electron chi connectivity index (χ3n) is 3.09.